The van der Waals surface area contributed by atoms with Gasteiger partial charge in [-0.2, -0.15) is 13.2 Å². The van der Waals surface area contributed by atoms with Crippen molar-refractivity contribution >= 4 is 29.1 Å². The number of benzene rings is 2. The molecule has 0 aromatic heterocycles. The van der Waals surface area contributed by atoms with Crippen LogP contribution in [0.15, 0.2) is 47.5 Å². The van der Waals surface area contributed by atoms with Crippen LogP contribution < -0.4 is 16.4 Å². The summed E-state index contributed by atoms with van der Waals surface area (Å²) < 4.78 is 40.3. The van der Waals surface area contributed by atoms with Crippen molar-refractivity contribution in [3.63, 3.8) is 0 Å². The average Bonchev–Trinajstić information content (AvgIpc) is 3.02. The molecule has 1 unspecified atom stereocenters. The van der Waals surface area contributed by atoms with Crippen LogP contribution in [0.25, 0.3) is 0 Å². The quantitative estimate of drug-likeness (QED) is 0.511. The molecule has 0 saturated heterocycles. The molecule has 0 aliphatic carbocycles. The summed E-state index contributed by atoms with van der Waals surface area (Å²) in [5.41, 5.74) is 5.56. The maximum atomic E-state index is 13.4. The second-order valence-electron chi connectivity index (χ2n) is 7.86. The Labute approximate surface area is 188 Å². The van der Waals surface area contributed by atoms with E-state index >= 15 is 0 Å². The third kappa shape index (κ3) is 7.04. The number of anilines is 2. The Bertz CT molecular complexity index is 1040. The highest BCUT2D eigenvalue weighted by molar-refractivity contribution is 6.06. The van der Waals surface area contributed by atoms with Gasteiger partial charge >= 0.3 is 12.1 Å². The van der Waals surface area contributed by atoms with E-state index in [4.69, 9.17) is 10.8 Å². The number of amides is 1. The summed E-state index contributed by atoms with van der Waals surface area (Å²) in [5, 5.41) is 14.4. The molecule has 0 spiro atoms. The molecule has 0 bridgehead atoms. The lowest BCUT2D eigenvalue weighted by Gasteiger charge is -2.15. The molecular formula is C23H25F3N4O3. The third-order valence-electron chi connectivity index (χ3n) is 5.17. The molecule has 0 radical (unpaired) electrons. The summed E-state index contributed by atoms with van der Waals surface area (Å²) in [6.07, 6.45) is -1.05. The zero-order valence-corrected chi connectivity index (χ0v) is 17.8. The van der Waals surface area contributed by atoms with E-state index in [9.17, 15) is 22.8 Å². The summed E-state index contributed by atoms with van der Waals surface area (Å²) >= 11 is 0. The lowest BCUT2D eigenvalue weighted by Crippen LogP contribution is -2.32. The van der Waals surface area contributed by atoms with Crippen LogP contribution in [0.2, 0.25) is 0 Å². The van der Waals surface area contributed by atoms with Gasteiger partial charge in [-0.25, -0.2) is 0 Å². The molecular weight excluding hydrogens is 437 g/mol. The minimum atomic E-state index is -4.62. The van der Waals surface area contributed by atoms with Crippen molar-refractivity contribution in [2.75, 3.05) is 17.2 Å². The van der Waals surface area contributed by atoms with Gasteiger partial charge in [0, 0.05) is 29.9 Å². The highest BCUT2D eigenvalue weighted by Crippen LogP contribution is 2.32. The van der Waals surface area contributed by atoms with E-state index in [2.05, 4.69) is 15.6 Å². The summed E-state index contributed by atoms with van der Waals surface area (Å²) in [7, 11) is 0. The molecule has 2 aromatic rings. The number of alkyl halides is 3. The van der Waals surface area contributed by atoms with Crippen LogP contribution in [-0.4, -0.2) is 35.4 Å². The Morgan fingerprint density at radius 1 is 1.06 bits per heavy atom. The van der Waals surface area contributed by atoms with Crippen LogP contribution in [0.3, 0.4) is 0 Å². The predicted octanol–water partition coefficient (Wildman–Crippen LogP) is 4.30. The summed E-state index contributed by atoms with van der Waals surface area (Å²) in [4.78, 5) is 27.9. The van der Waals surface area contributed by atoms with Gasteiger partial charge in [-0.05, 0) is 55.2 Å². The molecule has 10 heteroatoms. The number of amidine groups is 1. The van der Waals surface area contributed by atoms with Crippen LogP contribution in [0.4, 0.5) is 24.5 Å². The molecule has 5 N–H and O–H groups in total. The van der Waals surface area contributed by atoms with E-state index in [0.29, 0.717) is 30.1 Å². The van der Waals surface area contributed by atoms with Crippen LogP contribution in [0.5, 0.6) is 0 Å². The van der Waals surface area contributed by atoms with E-state index in [1.165, 1.54) is 18.2 Å². The topological polar surface area (TPSA) is 117 Å². The Morgan fingerprint density at radius 2 is 1.79 bits per heavy atom. The number of carboxylic acids is 1. The maximum Gasteiger partial charge on any atom is 0.416 e. The number of carbonyl (C=O) groups is 2. The van der Waals surface area contributed by atoms with Crippen molar-refractivity contribution in [1.29, 1.82) is 0 Å². The molecule has 1 heterocycles. The van der Waals surface area contributed by atoms with Gasteiger partial charge in [-0.15, -0.1) is 0 Å². The lowest BCUT2D eigenvalue weighted by atomic mass is 10.1. The number of carbonyl (C=O) groups excluding carboxylic acids is 1. The van der Waals surface area contributed by atoms with Gasteiger partial charge in [0.05, 0.1) is 5.56 Å². The Balaban J connectivity index is 1.78. The fourth-order valence-corrected chi connectivity index (χ4v) is 3.41. The van der Waals surface area contributed by atoms with Crippen LogP contribution >= 0.6 is 0 Å². The summed E-state index contributed by atoms with van der Waals surface area (Å²) in [6, 6.07) is 8.34. The highest BCUT2D eigenvalue weighted by atomic mass is 19.4. The number of aliphatic imine (C=N–C) groups is 1. The number of halogens is 3. The summed E-state index contributed by atoms with van der Waals surface area (Å²) in [5.74, 6) is -1.23. The van der Waals surface area contributed by atoms with E-state index in [1.54, 1.807) is 12.1 Å². The zero-order valence-electron chi connectivity index (χ0n) is 17.8. The first-order valence-corrected chi connectivity index (χ1v) is 10.5. The Morgan fingerprint density at radius 3 is 2.45 bits per heavy atom. The third-order valence-corrected chi connectivity index (χ3v) is 5.17. The van der Waals surface area contributed by atoms with Gasteiger partial charge < -0.3 is 21.5 Å². The van der Waals surface area contributed by atoms with E-state index in [-0.39, 0.29) is 17.7 Å². The number of nitrogens with two attached hydrogens (primary N) is 1. The standard InChI is InChI=1S/C23H25F3N4O3/c24-23(25,26)16-11-15(12-18(13-16)29-20-4-2-1-3-9-28-20)21(31)30-17-7-5-14(6-8-17)10-19(27)22(32)33/h5-8,11-13,19H,1-4,9-10,27H2,(H,28,29)(H,30,31)(H,32,33). The number of carboxylic acid groups (broad SMARTS) is 1. The Kier molecular flexibility index (Phi) is 7.70. The first-order valence-electron chi connectivity index (χ1n) is 10.5. The first-order chi connectivity index (χ1) is 15.6. The molecule has 2 aromatic carbocycles. The average molecular weight is 462 g/mol. The smallest absolute Gasteiger partial charge is 0.416 e. The van der Waals surface area contributed by atoms with Gasteiger partial charge in [0.1, 0.15) is 11.9 Å². The molecule has 1 aliphatic rings. The van der Waals surface area contributed by atoms with Crippen molar-refractivity contribution in [2.24, 2.45) is 10.7 Å². The number of nitrogens with one attached hydrogen (secondary N) is 2. The normalized spacial score (nSPS) is 15.2. The minimum absolute atomic E-state index is 0.107. The molecule has 3 rings (SSSR count). The number of hydrogen-bond donors (Lipinski definition) is 4. The zero-order chi connectivity index (χ0) is 24.0. The maximum absolute atomic E-state index is 13.4. The van der Waals surface area contributed by atoms with Crippen molar-refractivity contribution in [3.8, 4) is 0 Å². The van der Waals surface area contributed by atoms with Crippen molar-refractivity contribution < 1.29 is 27.9 Å². The second kappa shape index (κ2) is 10.5. The van der Waals surface area contributed by atoms with Gasteiger partial charge in [0.25, 0.3) is 5.91 Å². The highest BCUT2D eigenvalue weighted by Gasteiger charge is 2.32. The largest absolute Gasteiger partial charge is 0.480 e. The van der Waals surface area contributed by atoms with Gasteiger partial charge in [-0.1, -0.05) is 18.6 Å². The second-order valence-corrected chi connectivity index (χ2v) is 7.86. The fourth-order valence-electron chi connectivity index (χ4n) is 3.41. The number of rotatable bonds is 6. The lowest BCUT2D eigenvalue weighted by molar-refractivity contribution is -0.139. The van der Waals surface area contributed by atoms with Gasteiger partial charge in [0.15, 0.2) is 0 Å². The van der Waals surface area contributed by atoms with Crippen LogP contribution in [-0.2, 0) is 17.4 Å². The van der Waals surface area contributed by atoms with Crippen molar-refractivity contribution in [1.82, 2.24) is 0 Å². The molecule has 0 saturated carbocycles. The molecule has 176 valence electrons. The number of hydrogen-bond acceptors (Lipinski definition) is 5. The molecule has 0 fully saturated rings. The molecule has 1 atom stereocenters. The van der Waals surface area contributed by atoms with E-state index in [1.807, 2.05) is 0 Å². The van der Waals surface area contributed by atoms with E-state index < -0.39 is 29.7 Å². The van der Waals surface area contributed by atoms with Gasteiger partial charge in [-0.3, -0.25) is 14.6 Å². The minimum Gasteiger partial charge on any atom is -0.480 e. The van der Waals surface area contributed by atoms with E-state index in [0.717, 1.165) is 31.4 Å². The molecule has 7 nitrogen and oxygen atoms in total. The molecule has 1 amide bonds. The molecule has 1 aliphatic heterocycles. The monoisotopic (exact) mass is 462 g/mol. The van der Waals surface area contributed by atoms with Gasteiger partial charge in [0.2, 0.25) is 0 Å². The van der Waals surface area contributed by atoms with Crippen LogP contribution in [0.1, 0.15) is 47.2 Å². The SMILES string of the molecule is NC(Cc1ccc(NC(=O)c2cc(NC3=NCCCCC3)cc(C(F)(F)F)c2)cc1)C(=O)O. The van der Waals surface area contributed by atoms with Crippen molar-refractivity contribution in [3.05, 3.63) is 59.2 Å². The first kappa shape index (κ1) is 24.2. The number of nitrogens with zero attached hydrogens (tertiary/aromatic N) is 1. The number of aliphatic carboxylic acids is 1. The van der Waals surface area contributed by atoms with Crippen molar-refractivity contribution in [2.45, 2.75) is 44.3 Å². The van der Waals surface area contributed by atoms with Crippen LogP contribution in [0, 0.1) is 0 Å². The fraction of sp³-hybridized carbons (Fsp3) is 0.348. The predicted molar refractivity (Wildman–Crippen MR) is 120 cm³/mol. The summed E-state index contributed by atoms with van der Waals surface area (Å²) in [6.45, 7) is 0.613. The Hall–Kier alpha value is -3.40. The molecule has 33 heavy (non-hydrogen) atoms.